The van der Waals surface area contributed by atoms with Crippen LogP contribution < -0.4 is 15.0 Å². The molecular formula is C22H23FN8O2. The molecule has 170 valence electrons. The molecule has 1 fully saturated rings. The van der Waals surface area contributed by atoms with Gasteiger partial charge in [0, 0.05) is 30.6 Å². The minimum absolute atomic E-state index is 0.0677. The molecule has 0 unspecified atom stereocenters. The minimum atomic E-state index is -0.554. The summed E-state index contributed by atoms with van der Waals surface area (Å²) < 4.78 is 25.4. The van der Waals surface area contributed by atoms with Gasteiger partial charge in [-0.05, 0) is 31.4 Å². The number of aromatic nitrogens is 6. The summed E-state index contributed by atoms with van der Waals surface area (Å²) in [4.78, 5) is 14.9. The quantitative estimate of drug-likeness (QED) is 0.430. The lowest BCUT2D eigenvalue weighted by molar-refractivity contribution is 0.361. The van der Waals surface area contributed by atoms with Gasteiger partial charge >= 0.3 is 0 Å². The van der Waals surface area contributed by atoms with Gasteiger partial charge in [-0.25, -0.2) is 14.4 Å². The predicted molar refractivity (Wildman–Crippen MR) is 119 cm³/mol. The molecule has 1 atom stereocenters. The van der Waals surface area contributed by atoms with Gasteiger partial charge in [0.05, 0.1) is 24.9 Å². The molecule has 2 N–H and O–H groups in total. The third-order valence-corrected chi connectivity index (χ3v) is 5.60. The van der Waals surface area contributed by atoms with E-state index in [1.165, 1.54) is 6.20 Å². The van der Waals surface area contributed by atoms with E-state index in [1.807, 2.05) is 36.1 Å². The van der Waals surface area contributed by atoms with Gasteiger partial charge in [0.2, 0.25) is 11.8 Å². The van der Waals surface area contributed by atoms with Crippen LogP contribution in [0.2, 0.25) is 0 Å². The summed E-state index contributed by atoms with van der Waals surface area (Å²) >= 11 is 0. The first-order valence-electron chi connectivity index (χ1n) is 10.7. The highest BCUT2D eigenvalue weighted by Gasteiger charge is 2.32. The molecule has 0 radical (unpaired) electrons. The number of hydrogen-bond donors (Lipinski definition) is 2. The summed E-state index contributed by atoms with van der Waals surface area (Å²) in [6.45, 7) is 2.72. The molecule has 1 aliphatic heterocycles. The number of aryl methyl sites for hydroxylation is 1. The lowest BCUT2D eigenvalue weighted by atomic mass is 10.1. The maximum Gasteiger partial charge on any atom is 0.228 e. The number of rotatable bonds is 7. The summed E-state index contributed by atoms with van der Waals surface area (Å²) in [6, 6.07) is 7.27. The van der Waals surface area contributed by atoms with E-state index in [9.17, 15) is 4.39 Å². The molecular weight excluding hydrogens is 427 g/mol. The summed E-state index contributed by atoms with van der Waals surface area (Å²) in [6.07, 6.45) is 5.37. The lowest BCUT2D eigenvalue weighted by Crippen LogP contribution is -2.24. The van der Waals surface area contributed by atoms with E-state index in [2.05, 4.69) is 35.6 Å². The molecule has 0 amide bonds. The zero-order valence-corrected chi connectivity index (χ0v) is 18.2. The number of pyridine rings is 1. The molecule has 0 spiro atoms. The van der Waals surface area contributed by atoms with Crippen LogP contribution in [0.15, 0.2) is 41.2 Å². The van der Waals surface area contributed by atoms with Gasteiger partial charge in [0.1, 0.15) is 5.69 Å². The molecule has 5 heterocycles. The van der Waals surface area contributed by atoms with Crippen LogP contribution in [-0.4, -0.2) is 44.0 Å². The van der Waals surface area contributed by atoms with Crippen molar-refractivity contribution in [3.8, 4) is 17.1 Å². The second-order valence-electron chi connectivity index (χ2n) is 7.65. The number of aromatic amines is 1. The number of nitrogens with one attached hydrogen (secondary N) is 2. The van der Waals surface area contributed by atoms with Crippen molar-refractivity contribution in [2.75, 3.05) is 23.9 Å². The average Bonchev–Trinajstić information content (AvgIpc) is 3.60. The Kier molecular flexibility index (Phi) is 5.59. The Morgan fingerprint density at radius 1 is 1.33 bits per heavy atom. The van der Waals surface area contributed by atoms with E-state index in [1.54, 1.807) is 13.3 Å². The normalized spacial score (nSPS) is 15.7. The van der Waals surface area contributed by atoms with Gasteiger partial charge < -0.3 is 19.5 Å². The molecule has 5 rings (SSSR count). The fourth-order valence-electron chi connectivity index (χ4n) is 3.94. The number of halogens is 1. The van der Waals surface area contributed by atoms with Crippen molar-refractivity contribution in [3.05, 3.63) is 53.9 Å². The molecule has 33 heavy (non-hydrogen) atoms. The van der Waals surface area contributed by atoms with Crippen molar-refractivity contribution in [3.63, 3.8) is 0 Å². The van der Waals surface area contributed by atoms with Gasteiger partial charge in [-0.1, -0.05) is 12.1 Å². The second-order valence-corrected chi connectivity index (χ2v) is 7.65. The first-order chi connectivity index (χ1) is 16.2. The predicted octanol–water partition coefficient (Wildman–Crippen LogP) is 4.04. The summed E-state index contributed by atoms with van der Waals surface area (Å²) in [5.74, 6) is 1.57. The Balaban J connectivity index is 1.40. The number of nitrogens with zero attached hydrogens (tertiary/aromatic N) is 6. The van der Waals surface area contributed by atoms with Crippen LogP contribution in [0, 0.1) is 5.82 Å². The van der Waals surface area contributed by atoms with Crippen LogP contribution in [0.4, 0.5) is 22.0 Å². The second kappa shape index (κ2) is 8.85. The van der Waals surface area contributed by atoms with Crippen LogP contribution in [0.3, 0.4) is 0 Å². The standard InChI is InChI=1S/C22H23FN8O2/c1-3-13-10-19(29-28-13)26-20-15(23)12-25-22(27-20)31-9-5-7-17(31)18-11-16(30-33-18)14-6-4-8-24-21(14)32-2/h4,6,8,10-12,17H,3,5,7,9H2,1-2H3,(H2,25,26,27,28,29)/t17-/m0/s1. The number of H-pyrrole nitrogens is 1. The van der Waals surface area contributed by atoms with Crippen LogP contribution in [-0.2, 0) is 6.42 Å². The molecule has 0 aromatic carbocycles. The molecule has 0 bridgehead atoms. The van der Waals surface area contributed by atoms with Crippen molar-refractivity contribution in [2.24, 2.45) is 0 Å². The molecule has 10 nitrogen and oxygen atoms in total. The Morgan fingerprint density at radius 2 is 2.24 bits per heavy atom. The van der Waals surface area contributed by atoms with Crippen molar-refractivity contribution in [1.82, 2.24) is 30.3 Å². The van der Waals surface area contributed by atoms with E-state index in [4.69, 9.17) is 9.26 Å². The van der Waals surface area contributed by atoms with Crippen molar-refractivity contribution < 1.29 is 13.7 Å². The molecule has 4 aromatic heterocycles. The highest BCUT2D eigenvalue weighted by molar-refractivity contribution is 5.65. The summed E-state index contributed by atoms with van der Waals surface area (Å²) in [5, 5.41) is 14.2. The third kappa shape index (κ3) is 4.09. The van der Waals surface area contributed by atoms with Crippen LogP contribution >= 0.6 is 0 Å². The first kappa shape index (κ1) is 20.9. The zero-order chi connectivity index (χ0) is 22.8. The molecule has 11 heteroatoms. The van der Waals surface area contributed by atoms with Gasteiger partial charge in [-0.2, -0.15) is 10.1 Å². The third-order valence-electron chi connectivity index (χ3n) is 5.60. The SMILES string of the molecule is CCc1cc(Nc2nc(N3CCC[C@H]3c3cc(-c4cccnc4OC)no3)ncc2F)n[nH]1. The van der Waals surface area contributed by atoms with Crippen molar-refractivity contribution in [1.29, 1.82) is 0 Å². The van der Waals surface area contributed by atoms with E-state index in [0.29, 0.717) is 35.6 Å². The van der Waals surface area contributed by atoms with E-state index >= 15 is 0 Å². The zero-order valence-electron chi connectivity index (χ0n) is 18.2. The average molecular weight is 450 g/mol. The minimum Gasteiger partial charge on any atom is -0.481 e. The molecule has 1 saturated heterocycles. The van der Waals surface area contributed by atoms with E-state index in [-0.39, 0.29) is 11.9 Å². The van der Waals surface area contributed by atoms with E-state index < -0.39 is 5.82 Å². The van der Waals surface area contributed by atoms with Crippen molar-refractivity contribution >= 4 is 17.6 Å². The van der Waals surface area contributed by atoms with Crippen LogP contribution in [0.1, 0.15) is 37.3 Å². The molecule has 0 saturated carbocycles. The molecule has 1 aliphatic rings. The largest absolute Gasteiger partial charge is 0.481 e. The maximum atomic E-state index is 14.4. The number of hydrogen-bond acceptors (Lipinski definition) is 9. The van der Waals surface area contributed by atoms with Gasteiger partial charge in [-0.3, -0.25) is 5.10 Å². The number of ether oxygens (including phenoxy) is 1. The lowest BCUT2D eigenvalue weighted by Gasteiger charge is -2.22. The van der Waals surface area contributed by atoms with E-state index in [0.717, 1.165) is 30.5 Å². The number of anilines is 3. The Hall–Kier alpha value is -4.02. The maximum absolute atomic E-state index is 14.4. The van der Waals surface area contributed by atoms with Gasteiger partial charge in [0.25, 0.3) is 0 Å². The molecule has 4 aromatic rings. The highest BCUT2D eigenvalue weighted by atomic mass is 19.1. The smallest absolute Gasteiger partial charge is 0.228 e. The Bertz CT molecular complexity index is 1260. The summed E-state index contributed by atoms with van der Waals surface area (Å²) in [7, 11) is 1.56. The number of methoxy groups -OCH3 is 1. The Labute approximate surface area is 189 Å². The molecule has 0 aliphatic carbocycles. The Morgan fingerprint density at radius 3 is 3.06 bits per heavy atom. The fourth-order valence-corrected chi connectivity index (χ4v) is 3.94. The van der Waals surface area contributed by atoms with Gasteiger partial charge in [0.15, 0.2) is 23.2 Å². The first-order valence-corrected chi connectivity index (χ1v) is 10.7. The highest BCUT2D eigenvalue weighted by Crippen LogP contribution is 2.37. The monoisotopic (exact) mass is 450 g/mol. The van der Waals surface area contributed by atoms with Crippen molar-refractivity contribution in [2.45, 2.75) is 32.2 Å². The topological polar surface area (TPSA) is 118 Å². The fraction of sp³-hybridized carbons (Fsp3) is 0.318. The van der Waals surface area contributed by atoms with Crippen LogP contribution in [0.5, 0.6) is 5.88 Å². The summed E-state index contributed by atoms with van der Waals surface area (Å²) in [5.41, 5.74) is 2.32. The van der Waals surface area contributed by atoms with Gasteiger partial charge in [-0.15, -0.1) is 0 Å². The van der Waals surface area contributed by atoms with Crippen LogP contribution in [0.25, 0.3) is 11.3 Å².